The summed E-state index contributed by atoms with van der Waals surface area (Å²) in [7, 11) is 0. The Kier molecular flexibility index (Phi) is 3.20. The largest absolute Gasteiger partial charge is 0.481 e. The maximum absolute atomic E-state index is 10.3. The number of thioether (sulfide) groups is 1. The van der Waals surface area contributed by atoms with E-state index in [1.807, 2.05) is 6.92 Å². The minimum absolute atomic E-state index is 0.0939. The summed E-state index contributed by atoms with van der Waals surface area (Å²) in [6.45, 7) is 1.88. The minimum Gasteiger partial charge on any atom is -0.481 e. The van der Waals surface area contributed by atoms with Crippen LogP contribution in [0.2, 0.25) is 0 Å². The predicted molar refractivity (Wildman–Crippen MR) is 58.5 cm³/mol. The van der Waals surface area contributed by atoms with Crippen molar-refractivity contribution in [1.29, 1.82) is 0 Å². The molecule has 0 atom stereocenters. The highest BCUT2D eigenvalue weighted by Gasteiger charge is 2.12. The van der Waals surface area contributed by atoms with Gasteiger partial charge in [0.25, 0.3) is 11.1 Å². The maximum atomic E-state index is 10.3. The lowest BCUT2D eigenvalue weighted by Crippen LogP contribution is -1.97. The van der Waals surface area contributed by atoms with Crippen molar-refractivity contribution in [3.05, 3.63) is 11.2 Å². The molecular weight excluding hydrogens is 250 g/mol. The molecule has 0 spiro atoms. The number of nitrogens with zero attached hydrogens (tertiary/aromatic N) is 3. The Morgan fingerprint density at radius 3 is 3.06 bits per heavy atom. The summed E-state index contributed by atoms with van der Waals surface area (Å²) in [5.74, 6) is -0.638. The Labute approximate surface area is 98.7 Å². The molecule has 6 nitrogen and oxygen atoms in total. The minimum atomic E-state index is -0.918. The van der Waals surface area contributed by atoms with E-state index in [1.165, 1.54) is 11.3 Å². The zero-order valence-corrected chi connectivity index (χ0v) is 9.84. The number of rotatable bonds is 4. The quantitative estimate of drug-likeness (QED) is 0.833. The SMILES string of the molecule is Cc1ncc(-c2nnc(SCC(=O)O)o2)s1. The van der Waals surface area contributed by atoms with Gasteiger partial charge in [0.15, 0.2) is 0 Å². The lowest BCUT2D eigenvalue weighted by molar-refractivity contribution is -0.133. The normalized spacial score (nSPS) is 10.6. The summed E-state index contributed by atoms with van der Waals surface area (Å²) in [6.07, 6.45) is 1.65. The molecule has 0 fully saturated rings. The second kappa shape index (κ2) is 4.62. The highest BCUT2D eigenvalue weighted by atomic mass is 32.2. The third-order valence-electron chi connectivity index (χ3n) is 1.56. The molecule has 84 valence electrons. The molecule has 0 aliphatic carbocycles. The number of carboxylic acid groups (broad SMARTS) is 1. The number of aromatic nitrogens is 3. The highest BCUT2D eigenvalue weighted by Crippen LogP contribution is 2.27. The third kappa shape index (κ3) is 2.58. The van der Waals surface area contributed by atoms with Gasteiger partial charge < -0.3 is 9.52 Å². The second-order valence-corrected chi connectivity index (χ2v) is 4.96. The maximum Gasteiger partial charge on any atom is 0.314 e. The molecule has 2 aromatic rings. The van der Waals surface area contributed by atoms with Crippen LogP contribution in [0.15, 0.2) is 15.8 Å². The van der Waals surface area contributed by atoms with Gasteiger partial charge in [-0.05, 0) is 6.92 Å². The first kappa shape index (κ1) is 11.1. The van der Waals surface area contributed by atoms with Crippen molar-refractivity contribution in [1.82, 2.24) is 15.2 Å². The standard InChI is InChI=1S/C8H7N3O3S2/c1-4-9-2-5(16-4)7-10-11-8(14-7)15-3-6(12)13/h2H,3H2,1H3,(H,12,13). The van der Waals surface area contributed by atoms with Crippen LogP contribution >= 0.6 is 23.1 Å². The molecule has 1 N–H and O–H groups in total. The van der Waals surface area contributed by atoms with Crippen molar-refractivity contribution in [3.63, 3.8) is 0 Å². The summed E-state index contributed by atoms with van der Waals surface area (Å²) in [4.78, 5) is 15.2. The third-order valence-corrected chi connectivity index (χ3v) is 3.26. The topological polar surface area (TPSA) is 89.1 Å². The van der Waals surface area contributed by atoms with Crippen LogP contribution in [0.5, 0.6) is 0 Å². The molecule has 0 aliphatic heterocycles. The van der Waals surface area contributed by atoms with Crippen LogP contribution in [-0.4, -0.2) is 32.0 Å². The molecule has 0 aliphatic rings. The van der Waals surface area contributed by atoms with Crippen molar-refractivity contribution in [2.24, 2.45) is 0 Å². The molecule has 0 radical (unpaired) electrons. The van der Waals surface area contributed by atoms with E-state index in [-0.39, 0.29) is 11.0 Å². The lowest BCUT2D eigenvalue weighted by Gasteiger charge is -1.88. The number of carboxylic acids is 1. The van der Waals surface area contributed by atoms with Gasteiger partial charge in [-0.25, -0.2) is 4.98 Å². The van der Waals surface area contributed by atoms with Crippen molar-refractivity contribution < 1.29 is 14.3 Å². The summed E-state index contributed by atoms with van der Waals surface area (Å²) in [5, 5.41) is 17.2. The zero-order valence-electron chi connectivity index (χ0n) is 8.21. The number of carbonyl (C=O) groups is 1. The van der Waals surface area contributed by atoms with E-state index >= 15 is 0 Å². The molecule has 0 saturated carbocycles. The molecule has 2 heterocycles. The molecule has 0 unspecified atom stereocenters. The van der Waals surface area contributed by atoms with E-state index in [9.17, 15) is 4.79 Å². The Morgan fingerprint density at radius 2 is 2.44 bits per heavy atom. The molecule has 0 aromatic carbocycles. The highest BCUT2D eigenvalue weighted by molar-refractivity contribution is 7.99. The molecule has 2 rings (SSSR count). The molecular formula is C8H7N3O3S2. The molecule has 8 heteroatoms. The fourth-order valence-electron chi connectivity index (χ4n) is 0.951. The number of aliphatic carboxylic acids is 1. The average molecular weight is 257 g/mol. The summed E-state index contributed by atoms with van der Waals surface area (Å²) in [6, 6.07) is 0. The summed E-state index contributed by atoms with van der Waals surface area (Å²) in [5.41, 5.74) is 0. The van der Waals surface area contributed by atoms with Gasteiger partial charge in [-0.2, -0.15) is 0 Å². The van der Waals surface area contributed by atoms with E-state index in [4.69, 9.17) is 9.52 Å². The lowest BCUT2D eigenvalue weighted by atomic mass is 10.6. The first-order valence-electron chi connectivity index (χ1n) is 4.26. The van der Waals surface area contributed by atoms with Gasteiger partial charge in [0.1, 0.15) is 10.6 Å². The summed E-state index contributed by atoms with van der Waals surface area (Å²) >= 11 is 2.44. The molecule has 2 aromatic heterocycles. The fraction of sp³-hybridized carbons (Fsp3) is 0.250. The van der Waals surface area contributed by atoms with Crippen LogP contribution < -0.4 is 0 Å². The smallest absolute Gasteiger partial charge is 0.314 e. The first-order valence-corrected chi connectivity index (χ1v) is 6.06. The monoisotopic (exact) mass is 257 g/mol. The van der Waals surface area contributed by atoms with Crippen molar-refractivity contribution in [2.75, 3.05) is 5.75 Å². The average Bonchev–Trinajstić information content (AvgIpc) is 2.83. The van der Waals surface area contributed by atoms with Crippen LogP contribution in [0, 0.1) is 6.92 Å². The summed E-state index contributed by atoms with van der Waals surface area (Å²) < 4.78 is 5.28. The Hall–Kier alpha value is -1.41. The van der Waals surface area contributed by atoms with Crippen molar-refractivity contribution in [3.8, 4) is 10.8 Å². The van der Waals surface area contributed by atoms with Gasteiger partial charge in [0.05, 0.1) is 11.2 Å². The van der Waals surface area contributed by atoms with Crippen LogP contribution in [0.25, 0.3) is 10.8 Å². The molecule has 0 amide bonds. The molecule has 16 heavy (non-hydrogen) atoms. The number of hydrogen-bond donors (Lipinski definition) is 1. The van der Waals surface area contributed by atoms with Gasteiger partial charge in [0, 0.05) is 0 Å². The number of aryl methyl sites for hydroxylation is 1. The predicted octanol–water partition coefficient (Wildman–Crippen LogP) is 1.68. The fourth-order valence-corrected chi connectivity index (χ4v) is 2.13. The van der Waals surface area contributed by atoms with E-state index in [2.05, 4.69) is 15.2 Å². The Bertz CT molecular complexity index is 508. The van der Waals surface area contributed by atoms with Crippen LogP contribution in [0.1, 0.15) is 5.01 Å². The Morgan fingerprint density at radius 1 is 1.62 bits per heavy atom. The van der Waals surface area contributed by atoms with Crippen molar-refractivity contribution >= 4 is 29.1 Å². The van der Waals surface area contributed by atoms with Crippen molar-refractivity contribution in [2.45, 2.75) is 12.1 Å². The van der Waals surface area contributed by atoms with E-state index in [0.717, 1.165) is 21.6 Å². The first-order chi connectivity index (χ1) is 7.65. The van der Waals surface area contributed by atoms with E-state index in [1.54, 1.807) is 6.20 Å². The van der Waals surface area contributed by atoms with E-state index in [0.29, 0.717) is 5.89 Å². The molecule has 0 saturated heterocycles. The van der Waals surface area contributed by atoms with Crippen LogP contribution in [0.3, 0.4) is 0 Å². The van der Waals surface area contributed by atoms with E-state index < -0.39 is 5.97 Å². The van der Waals surface area contributed by atoms with Gasteiger partial charge in [-0.3, -0.25) is 4.79 Å². The van der Waals surface area contributed by atoms with Gasteiger partial charge in [0.2, 0.25) is 0 Å². The van der Waals surface area contributed by atoms with Crippen LogP contribution in [0.4, 0.5) is 0 Å². The van der Waals surface area contributed by atoms with Gasteiger partial charge in [-0.15, -0.1) is 21.5 Å². The number of thiazole rings is 1. The molecule has 0 bridgehead atoms. The Balaban J connectivity index is 2.10. The van der Waals surface area contributed by atoms with Crippen LogP contribution in [-0.2, 0) is 4.79 Å². The van der Waals surface area contributed by atoms with Gasteiger partial charge in [-0.1, -0.05) is 11.8 Å². The number of hydrogen-bond acceptors (Lipinski definition) is 7. The zero-order chi connectivity index (χ0) is 11.5. The van der Waals surface area contributed by atoms with Gasteiger partial charge >= 0.3 is 5.97 Å². The second-order valence-electron chi connectivity index (χ2n) is 2.80.